The number of rotatable bonds is 4. The van der Waals surface area contributed by atoms with Crippen LogP contribution in [0.1, 0.15) is 21.6 Å². The average molecular weight is 335 g/mol. The molecule has 120 valence electrons. The molecule has 2 aromatic carbocycles. The van der Waals surface area contributed by atoms with Gasteiger partial charge in [-0.25, -0.2) is 4.98 Å². The summed E-state index contributed by atoms with van der Waals surface area (Å²) >= 11 is 1.72. The lowest BCUT2D eigenvalue weighted by atomic mass is 10.2. The Bertz CT molecular complexity index is 848. The van der Waals surface area contributed by atoms with E-state index in [2.05, 4.69) is 47.3 Å². The predicted molar refractivity (Wildman–Crippen MR) is 96.5 cm³/mol. The summed E-state index contributed by atoms with van der Waals surface area (Å²) in [5.74, 6) is -0.266. The third-order valence-corrected chi connectivity index (χ3v) is 4.65. The molecule has 1 aromatic heterocycles. The second-order valence-electron chi connectivity index (χ2n) is 5.44. The Labute approximate surface area is 145 Å². The number of carbonyl (C=O) groups excluding carboxylic acids is 1. The van der Waals surface area contributed by atoms with Crippen molar-refractivity contribution in [1.29, 1.82) is 0 Å². The fourth-order valence-electron chi connectivity index (χ4n) is 2.16. The third kappa shape index (κ3) is 4.00. The maximum absolute atomic E-state index is 12.1. The summed E-state index contributed by atoms with van der Waals surface area (Å²) in [5, 5.41) is 2.82. The zero-order valence-electron chi connectivity index (χ0n) is 13.5. The first-order chi connectivity index (χ1) is 11.6. The van der Waals surface area contributed by atoms with Crippen molar-refractivity contribution in [3.8, 4) is 0 Å². The van der Waals surface area contributed by atoms with Crippen LogP contribution < -0.4 is 5.32 Å². The highest BCUT2D eigenvalue weighted by atomic mass is 32.2. The second-order valence-corrected chi connectivity index (χ2v) is 6.56. The smallest absolute Gasteiger partial charge is 0.275 e. The fraction of sp³-hybridized carbons (Fsp3) is 0.105. The number of carbonyl (C=O) groups is 1. The van der Waals surface area contributed by atoms with Crippen LogP contribution in [0.5, 0.6) is 0 Å². The van der Waals surface area contributed by atoms with Gasteiger partial charge in [-0.3, -0.25) is 9.78 Å². The molecule has 0 saturated heterocycles. The quantitative estimate of drug-likeness (QED) is 0.763. The van der Waals surface area contributed by atoms with E-state index < -0.39 is 0 Å². The minimum atomic E-state index is -0.266. The highest BCUT2D eigenvalue weighted by Crippen LogP contribution is 2.31. The van der Waals surface area contributed by atoms with E-state index in [4.69, 9.17) is 0 Å². The van der Waals surface area contributed by atoms with Crippen LogP contribution in [0.3, 0.4) is 0 Å². The number of aryl methyl sites for hydroxylation is 2. The summed E-state index contributed by atoms with van der Waals surface area (Å²) in [6, 6.07) is 14.2. The van der Waals surface area contributed by atoms with Crippen molar-refractivity contribution in [2.24, 2.45) is 0 Å². The van der Waals surface area contributed by atoms with E-state index in [0.29, 0.717) is 5.69 Å². The van der Waals surface area contributed by atoms with E-state index in [1.807, 2.05) is 24.3 Å². The Hall–Kier alpha value is -2.66. The van der Waals surface area contributed by atoms with Gasteiger partial charge < -0.3 is 5.32 Å². The van der Waals surface area contributed by atoms with Gasteiger partial charge in [-0.05, 0) is 55.3 Å². The zero-order chi connectivity index (χ0) is 16.9. The Balaban J connectivity index is 1.69. The Morgan fingerprint density at radius 2 is 1.83 bits per heavy atom. The molecule has 0 radical (unpaired) electrons. The van der Waals surface area contributed by atoms with Crippen molar-refractivity contribution >= 4 is 23.4 Å². The Kier molecular flexibility index (Phi) is 4.91. The largest absolute Gasteiger partial charge is 0.321 e. The molecule has 1 amide bonds. The topological polar surface area (TPSA) is 54.9 Å². The summed E-state index contributed by atoms with van der Waals surface area (Å²) < 4.78 is 0. The van der Waals surface area contributed by atoms with Crippen molar-refractivity contribution in [2.45, 2.75) is 23.6 Å². The molecule has 0 saturated carbocycles. The molecule has 0 unspecified atom stereocenters. The van der Waals surface area contributed by atoms with E-state index in [9.17, 15) is 4.79 Å². The molecule has 5 heteroatoms. The Morgan fingerprint density at radius 3 is 2.54 bits per heavy atom. The number of hydrogen-bond acceptors (Lipinski definition) is 4. The molecule has 0 aliphatic carbocycles. The molecule has 0 atom stereocenters. The molecule has 1 N–H and O–H groups in total. The molecule has 0 spiro atoms. The molecular formula is C19H17N3OS. The molecule has 24 heavy (non-hydrogen) atoms. The molecule has 3 aromatic rings. The van der Waals surface area contributed by atoms with Crippen molar-refractivity contribution in [1.82, 2.24) is 9.97 Å². The highest BCUT2D eigenvalue weighted by Gasteiger charge is 2.07. The van der Waals surface area contributed by atoms with E-state index in [0.717, 1.165) is 10.6 Å². The normalized spacial score (nSPS) is 10.4. The number of aromatic nitrogens is 2. The number of benzene rings is 2. The lowest BCUT2D eigenvalue weighted by Gasteiger charge is -2.08. The monoisotopic (exact) mass is 335 g/mol. The molecule has 4 nitrogen and oxygen atoms in total. The first-order valence-electron chi connectivity index (χ1n) is 7.54. The van der Waals surface area contributed by atoms with E-state index in [-0.39, 0.29) is 5.91 Å². The summed E-state index contributed by atoms with van der Waals surface area (Å²) in [4.78, 5) is 22.3. The van der Waals surface area contributed by atoms with E-state index in [1.165, 1.54) is 34.6 Å². The molecular weight excluding hydrogens is 318 g/mol. The molecule has 3 rings (SSSR count). The minimum Gasteiger partial charge on any atom is -0.321 e. The van der Waals surface area contributed by atoms with Crippen LogP contribution in [0.15, 0.2) is 70.8 Å². The van der Waals surface area contributed by atoms with E-state index in [1.54, 1.807) is 11.8 Å². The summed E-state index contributed by atoms with van der Waals surface area (Å²) in [7, 11) is 0. The van der Waals surface area contributed by atoms with Gasteiger partial charge in [-0.15, -0.1) is 0 Å². The van der Waals surface area contributed by atoms with Gasteiger partial charge in [0.1, 0.15) is 5.69 Å². The van der Waals surface area contributed by atoms with Gasteiger partial charge in [0.2, 0.25) is 0 Å². The number of anilines is 1. The molecule has 1 heterocycles. The van der Waals surface area contributed by atoms with Crippen LogP contribution in [0, 0.1) is 13.8 Å². The number of amides is 1. The number of nitrogens with zero attached hydrogens (tertiary/aromatic N) is 2. The Morgan fingerprint density at radius 1 is 1.04 bits per heavy atom. The average Bonchev–Trinajstić information content (AvgIpc) is 2.60. The van der Waals surface area contributed by atoms with Crippen LogP contribution in [0.4, 0.5) is 5.69 Å². The summed E-state index contributed by atoms with van der Waals surface area (Å²) in [6.07, 6.45) is 4.48. The van der Waals surface area contributed by atoms with Crippen molar-refractivity contribution < 1.29 is 4.79 Å². The SMILES string of the molecule is Cc1ccc(C)c(Sc2ccc(NC(=O)c3cnccn3)cc2)c1. The number of hydrogen-bond donors (Lipinski definition) is 1. The van der Waals surface area contributed by atoms with Gasteiger partial charge in [-0.2, -0.15) is 0 Å². The second kappa shape index (κ2) is 7.27. The van der Waals surface area contributed by atoms with Crippen LogP contribution in [-0.2, 0) is 0 Å². The van der Waals surface area contributed by atoms with Crippen LogP contribution in [0.2, 0.25) is 0 Å². The standard InChI is InChI=1S/C19H17N3OS/c1-13-3-4-14(2)18(11-13)24-16-7-5-15(6-8-16)22-19(23)17-12-20-9-10-21-17/h3-12H,1-2H3,(H,22,23). The van der Waals surface area contributed by atoms with Crippen LogP contribution >= 0.6 is 11.8 Å². The van der Waals surface area contributed by atoms with E-state index >= 15 is 0 Å². The maximum Gasteiger partial charge on any atom is 0.275 e. The molecule has 0 bridgehead atoms. The predicted octanol–water partition coefficient (Wildman–Crippen LogP) is 4.50. The summed E-state index contributed by atoms with van der Waals surface area (Å²) in [6.45, 7) is 4.20. The van der Waals surface area contributed by atoms with Crippen molar-refractivity contribution in [3.05, 3.63) is 77.9 Å². The minimum absolute atomic E-state index is 0.266. The van der Waals surface area contributed by atoms with Gasteiger partial charge in [-0.1, -0.05) is 23.9 Å². The van der Waals surface area contributed by atoms with Crippen LogP contribution in [0.25, 0.3) is 0 Å². The van der Waals surface area contributed by atoms with Gasteiger partial charge in [0.15, 0.2) is 0 Å². The lowest BCUT2D eigenvalue weighted by Crippen LogP contribution is -2.13. The first-order valence-corrected chi connectivity index (χ1v) is 8.36. The molecule has 0 fully saturated rings. The van der Waals surface area contributed by atoms with Crippen LogP contribution in [-0.4, -0.2) is 15.9 Å². The molecule has 0 aliphatic heterocycles. The molecule has 0 aliphatic rings. The van der Waals surface area contributed by atoms with Gasteiger partial charge >= 0.3 is 0 Å². The van der Waals surface area contributed by atoms with Crippen molar-refractivity contribution in [3.63, 3.8) is 0 Å². The van der Waals surface area contributed by atoms with Gasteiger partial charge in [0.25, 0.3) is 5.91 Å². The first kappa shape index (κ1) is 16.2. The summed E-state index contributed by atoms with van der Waals surface area (Å²) in [5.41, 5.74) is 3.53. The van der Waals surface area contributed by atoms with Crippen molar-refractivity contribution in [2.75, 3.05) is 5.32 Å². The van der Waals surface area contributed by atoms with Gasteiger partial charge in [0.05, 0.1) is 6.20 Å². The maximum atomic E-state index is 12.1. The highest BCUT2D eigenvalue weighted by molar-refractivity contribution is 7.99. The van der Waals surface area contributed by atoms with Gasteiger partial charge in [0, 0.05) is 27.9 Å². The zero-order valence-corrected chi connectivity index (χ0v) is 14.3. The fourth-order valence-corrected chi connectivity index (χ4v) is 3.16. The number of nitrogens with one attached hydrogen (secondary N) is 1. The lowest BCUT2D eigenvalue weighted by molar-refractivity contribution is 0.102. The third-order valence-electron chi connectivity index (χ3n) is 3.48.